The molecule has 26 N–H and O–H groups in total. The van der Waals surface area contributed by atoms with E-state index < -0.39 is 157 Å². The Hall–Kier alpha value is -9.41. The van der Waals surface area contributed by atoms with Gasteiger partial charge in [-0.25, -0.2) is 4.79 Å². The van der Waals surface area contributed by atoms with Gasteiger partial charge in [0.15, 0.2) is 17.9 Å². The number of guanidine groups is 3. The second kappa shape index (κ2) is 38.7. The second-order valence-corrected chi connectivity index (χ2v) is 21.7. The fourth-order valence-corrected chi connectivity index (χ4v) is 9.03. The highest BCUT2D eigenvalue weighted by Crippen LogP contribution is 2.20. The number of hydrogen-bond donors (Lipinski definition) is 19. The van der Waals surface area contributed by atoms with Gasteiger partial charge in [-0.05, 0) is 89.5 Å². The number of aliphatic hydroxyl groups is 1. The number of carboxylic acid groups (broad SMARTS) is 3. The number of amides is 9. The smallest absolute Gasteiger partial charge is 0.326 e. The van der Waals surface area contributed by atoms with Crippen LogP contribution in [0.5, 0.6) is 0 Å². The van der Waals surface area contributed by atoms with E-state index in [2.05, 4.69) is 57.5 Å². The van der Waals surface area contributed by atoms with Crippen LogP contribution in [-0.4, -0.2) is 207 Å². The Kier molecular flexibility index (Phi) is 32.9. The van der Waals surface area contributed by atoms with E-state index in [1.807, 2.05) is 0 Å². The van der Waals surface area contributed by atoms with Gasteiger partial charge in [-0.1, -0.05) is 44.2 Å². The molecule has 0 saturated carbocycles. The largest absolute Gasteiger partial charge is 0.481 e. The number of carbonyl (C=O) groups is 12. The van der Waals surface area contributed by atoms with E-state index in [0.717, 1.165) is 4.90 Å². The monoisotopic (exact) mass is 1260 g/mol. The molecule has 1 aliphatic heterocycles. The lowest BCUT2D eigenvalue weighted by Gasteiger charge is -2.32. The van der Waals surface area contributed by atoms with Crippen molar-refractivity contribution in [3.63, 3.8) is 0 Å². The van der Waals surface area contributed by atoms with Crippen LogP contribution in [0, 0.1) is 5.92 Å². The van der Waals surface area contributed by atoms with Crippen molar-refractivity contribution in [2.45, 2.75) is 178 Å². The molecule has 11 atom stereocenters. The van der Waals surface area contributed by atoms with Crippen molar-refractivity contribution in [3.8, 4) is 0 Å². The molecule has 2 rings (SSSR count). The SMILES string of the molecule is CC(C)C[C@H](NC(=O)[C@H](CCC(=O)O)NC(=O)[C@H](C)NC(=O)[C@@H]1CCCN1C(=O)[C@@H](NC(=O)[C@H](Cc1ccccc1)NC(=O)[C@H](CC(=O)O)NC(=O)[C@@H](N)CCCN=C(N)N)[C@@H](C)O)C(=O)N[C@@H](CCCN=C(N)N)C(=O)N[C@@H](CCCN=C(N)N)C(=O)O. The molecule has 1 fully saturated rings. The van der Waals surface area contributed by atoms with E-state index in [-0.39, 0.29) is 114 Å². The highest BCUT2D eigenvalue weighted by atomic mass is 16.4. The van der Waals surface area contributed by atoms with Gasteiger partial charge in [0.2, 0.25) is 53.2 Å². The van der Waals surface area contributed by atoms with Gasteiger partial charge in [0.1, 0.15) is 54.4 Å². The lowest BCUT2D eigenvalue weighted by atomic mass is 10.0. The number of likely N-dealkylation sites (tertiary alicyclic amines) is 1. The van der Waals surface area contributed by atoms with E-state index in [4.69, 9.17) is 40.1 Å². The maximum Gasteiger partial charge on any atom is 0.326 e. The van der Waals surface area contributed by atoms with E-state index in [9.17, 15) is 78.0 Å². The summed E-state index contributed by atoms with van der Waals surface area (Å²) in [7, 11) is 0. The number of carboxylic acids is 3. The number of rotatable bonds is 40. The van der Waals surface area contributed by atoms with Crippen molar-refractivity contribution < 1.29 is 78.0 Å². The zero-order chi connectivity index (χ0) is 67.1. The number of nitrogens with zero attached hydrogens (tertiary/aromatic N) is 4. The Morgan fingerprint density at radius 2 is 1.01 bits per heavy atom. The van der Waals surface area contributed by atoms with Crippen LogP contribution >= 0.6 is 0 Å². The minimum atomic E-state index is -1.77. The van der Waals surface area contributed by atoms with Gasteiger partial charge < -0.3 is 108 Å². The first-order valence-electron chi connectivity index (χ1n) is 28.8. The molecule has 0 radical (unpaired) electrons. The van der Waals surface area contributed by atoms with Crippen LogP contribution in [-0.2, 0) is 64.0 Å². The molecular formula is C54H89N19O16. The molecule has 1 saturated heterocycles. The quantitative estimate of drug-likeness (QED) is 0.0165. The molecule has 1 aromatic carbocycles. The van der Waals surface area contributed by atoms with E-state index >= 15 is 0 Å². The molecule has 1 aliphatic rings. The van der Waals surface area contributed by atoms with Crippen molar-refractivity contribution in [1.29, 1.82) is 0 Å². The third-order valence-electron chi connectivity index (χ3n) is 13.6. The van der Waals surface area contributed by atoms with E-state index in [1.54, 1.807) is 44.2 Å². The first kappa shape index (κ1) is 75.7. The molecule has 0 bridgehead atoms. The summed E-state index contributed by atoms with van der Waals surface area (Å²) in [6.07, 6.45) is -3.48. The third kappa shape index (κ3) is 28.8. The summed E-state index contributed by atoms with van der Waals surface area (Å²) >= 11 is 0. The summed E-state index contributed by atoms with van der Waals surface area (Å²) in [5.74, 6) is -14.0. The van der Waals surface area contributed by atoms with Gasteiger partial charge >= 0.3 is 17.9 Å². The Morgan fingerprint density at radius 1 is 0.551 bits per heavy atom. The molecular weight excluding hydrogens is 1170 g/mol. The molecule has 89 heavy (non-hydrogen) atoms. The Bertz CT molecular complexity index is 2680. The van der Waals surface area contributed by atoms with Crippen LogP contribution < -0.4 is 82.7 Å². The van der Waals surface area contributed by atoms with Crippen molar-refractivity contribution >= 4 is 89.0 Å². The average Bonchev–Trinajstić information content (AvgIpc) is 2.23. The minimum Gasteiger partial charge on any atom is -0.481 e. The van der Waals surface area contributed by atoms with Crippen LogP contribution in [0.3, 0.4) is 0 Å². The molecule has 9 amide bonds. The lowest BCUT2D eigenvalue weighted by Crippen LogP contribution is -2.62. The van der Waals surface area contributed by atoms with Crippen molar-refractivity contribution in [1.82, 2.24) is 47.4 Å². The average molecular weight is 1260 g/mol. The zero-order valence-electron chi connectivity index (χ0n) is 50.4. The number of benzene rings is 1. The molecule has 496 valence electrons. The van der Waals surface area contributed by atoms with Crippen molar-refractivity contribution in [2.24, 2.45) is 61.0 Å². The summed E-state index contributed by atoms with van der Waals surface area (Å²) in [6.45, 7) is 5.93. The molecule has 0 aromatic heterocycles. The van der Waals surface area contributed by atoms with Gasteiger partial charge in [0.05, 0.1) is 18.6 Å². The first-order valence-corrected chi connectivity index (χ1v) is 28.8. The third-order valence-corrected chi connectivity index (χ3v) is 13.6. The predicted molar refractivity (Wildman–Crippen MR) is 322 cm³/mol. The summed E-state index contributed by atoms with van der Waals surface area (Å²) in [6, 6.07) is -6.84. The Labute approximate surface area is 513 Å². The second-order valence-electron chi connectivity index (χ2n) is 21.7. The molecule has 0 unspecified atom stereocenters. The fraction of sp³-hybridized carbons (Fsp3) is 0.611. The number of aliphatic imine (C=N–C) groups is 3. The number of aliphatic hydroxyl groups excluding tert-OH is 1. The number of nitrogens with one attached hydrogen (secondary N) is 8. The summed E-state index contributed by atoms with van der Waals surface area (Å²) in [4.78, 5) is 173. The van der Waals surface area contributed by atoms with Crippen LogP contribution in [0.2, 0.25) is 0 Å². The number of hydrogen-bond acceptors (Lipinski definition) is 17. The Morgan fingerprint density at radius 3 is 1.53 bits per heavy atom. The highest BCUT2D eigenvalue weighted by Gasteiger charge is 2.42. The molecule has 0 spiro atoms. The Balaban J connectivity index is 2.34. The van der Waals surface area contributed by atoms with Gasteiger partial charge in [-0.2, -0.15) is 0 Å². The van der Waals surface area contributed by atoms with Crippen LogP contribution in [0.15, 0.2) is 45.3 Å². The summed E-state index contributed by atoms with van der Waals surface area (Å²) in [5, 5.41) is 59.6. The minimum absolute atomic E-state index is 0.00972. The van der Waals surface area contributed by atoms with Crippen LogP contribution in [0.4, 0.5) is 0 Å². The summed E-state index contributed by atoms with van der Waals surface area (Å²) in [5.41, 5.74) is 38.7. The van der Waals surface area contributed by atoms with Crippen LogP contribution in [0.25, 0.3) is 0 Å². The number of carbonyl (C=O) groups excluding carboxylic acids is 9. The zero-order valence-corrected chi connectivity index (χ0v) is 50.4. The predicted octanol–water partition coefficient (Wildman–Crippen LogP) is -6.54. The standard InChI is InChI=1S/C54H89N19O16/c1-27(2)24-35(46(83)67-32(15-9-21-63-53(58)59)44(81)68-34(51(88)89)16-10-22-64-54(60)61)70-45(82)33(18-19-39(75)76)66-42(79)28(3)65-49(86)38-17-11-23-73(38)50(87)41(29(4)74)72-48(85)36(25-30-12-6-5-7-13-30)71-47(84)37(26-40(77)78)69-43(80)31(55)14-8-20-62-52(56)57/h5-7,12-13,27-29,31-38,41,74H,8-11,14-26,55H2,1-4H3,(H,65,86)(H,66,79)(H,67,83)(H,68,81)(H,69,80)(H,70,82)(H,71,84)(H,72,85)(H,75,76)(H,77,78)(H,88,89)(H4,56,57,62)(H4,58,59,63)(H4,60,61,64)/t28-,29+,31-,32-,33-,34-,35-,36-,37-,38-,41-/m0/s1. The normalized spacial score (nSPS) is 16.0. The summed E-state index contributed by atoms with van der Waals surface area (Å²) < 4.78 is 0. The fourth-order valence-electron chi connectivity index (χ4n) is 9.03. The van der Waals surface area contributed by atoms with Crippen LogP contribution in [0.1, 0.15) is 110 Å². The van der Waals surface area contributed by atoms with Crippen molar-refractivity contribution in [2.75, 3.05) is 26.2 Å². The van der Waals surface area contributed by atoms with Crippen molar-refractivity contribution in [3.05, 3.63) is 35.9 Å². The van der Waals surface area contributed by atoms with E-state index in [1.165, 1.54) is 13.8 Å². The number of nitrogens with two attached hydrogens (primary N) is 7. The maximum atomic E-state index is 14.3. The molecule has 1 heterocycles. The van der Waals surface area contributed by atoms with Gasteiger partial charge in [-0.15, -0.1) is 0 Å². The highest BCUT2D eigenvalue weighted by molar-refractivity contribution is 5.99. The molecule has 0 aliphatic carbocycles. The van der Waals surface area contributed by atoms with Gasteiger partial charge in [-0.3, -0.25) is 67.7 Å². The van der Waals surface area contributed by atoms with Gasteiger partial charge in [0.25, 0.3) is 0 Å². The number of aliphatic carboxylic acids is 3. The topological polar surface area (TPSA) is 604 Å². The maximum absolute atomic E-state index is 14.3. The van der Waals surface area contributed by atoms with E-state index in [0.29, 0.717) is 5.56 Å². The molecule has 1 aromatic rings. The first-order chi connectivity index (χ1) is 41.8. The van der Waals surface area contributed by atoms with Gasteiger partial charge in [0, 0.05) is 39.0 Å². The molecule has 35 heteroatoms. The lowest BCUT2D eigenvalue weighted by molar-refractivity contribution is -0.145. The molecule has 35 nitrogen and oxygen atoms in total.